The van der Waals surface area contributed by atoms with Crippen LogP contribution in [0.25, 0.3) is 0 Å². The van der Waals surface area contributed by atoms with Crippen molar-refractivity contribution in [3.05, 3.63) is 24.3 Å². The molecule has 0 aromatic heterocycles. The van der Waals surface area contributed by atoms with Crippen molar-refractivity contribution in [1.82, 2.24) is 4.90 Å². The van der Waals surface area contributed by atoms with Crippen LogP contribution in [0.1, 0.15) is 39.5 Å². The van der Waals surface area contributed by atoms with Crippen LogP contribution >= 0.6 is 12.2 Å². The van der Waals surface area contributed by atoms with Gasteiger partial charge < -0.3 is 4.90 Å². The van der Waals surface area contributed by atoms with Gasteiger partial charge in [-0.3, -0.25) is 0 Å². The van der Waals surface area contributed by atoms with Crippen molar-refractivity contribution in [1.29, 1.82) is 0 Å². The maximum atomic E-state index is 5.48. The van der Waals surface area contributed by atoms with Crippen molar-refractivity contribution in [3.8, 4) is 0 Å². The Hall–Kier alpha value is -0.630. The summed E-state index contributed by atoms with van der Waals surface area (Å²) in [7, 11) is 4.03. The molecule has 0 aromatic carbocycles. The van der Waals surface area contributed by atoms with E-state index in [9.17, 15) is 0 Å². The number of hydrogen-bond acceptors (Lipinski definition) is 1. The Labute approximate surface area is 106 Å². The maximum absolute atomic E-state index is 5.48. The Morgan fingerprint density at radius 3 is 1.69 bits per heavy atom. The lowest BCUT2D eigenvalue weighted by atomic mass is 9.91. The summed E-state index contributed by atoms with van der Waals surface area (Å²) in [5.41, 5.74) is 2.55. The first-order chi connectivity index (χ1) is 7.42. The molecular formula is C14H25NS. The Kier molecular flexibility index (Phi) is 7.31. The summed E-state index contributed by atoms with van der Waals surface area (Å²) in [5.74, 6) is 0.393. The second-order valence-corrected chi connectivity index (χ2v) is 4.96. The van der Waals surface area contributed by atoms with Crippen LogP contribution in [0.3, 0.4) is 0 Å². The van der Waals surface area contributed by atoms with Crippen LogP contribution in [-0.2, 0) is 0 Å². The molecule has 0 aliphatic carbocycles. The molecule has 0 unspecified atom stereocenters. The molecule has 0 aromatic rings. The summed E-state index contributed by atoms with van der Waals surface area (Å²) in [6.45, 7) is 12.5. The van der Waals surface area contributed by atoms with Crippen molar-refractivity contribution in [2.45, 2.75) is 39.5 Å². The fraction of sp³-hybridized carbons (Fsp3) is 0.643. The highest BCUT2D eigenvalue weighted by molar-refractivity contribution is 7.80. The van der Waals surface area contributed by atoms with Gasteiger partial charge in [-0.05, 0) is 25.7 Å². The fourth-order valence-corrected chi connectivity index (χ4v) is 1.76. The maximum Gasteiger partial charge on any atom is 0.0811 e. The van der Waals surface area contributed by atoms with E-state index < -0.39 is 0 Å². The van der Waals surface area contributed by atoms with Gasteiger partial charge in [0.15, 0.2) is 0 Å². The van der Waals surface area contributed by atoms with Crippen molar-refractivity contribution in [2.75, 3.05) is 14.1 Å². The molecule has 0 aliphatic heterocycles. The summed E-state index contributed by atoms with van der Waals surface area (Å²) in [6, 6.07) is 0. The number of hydrogen-bond donors (Lipinski definition) is 0. The van der Waals surface area contributed by atoms with E-state index in [1.165, 1.54) is 11.1 Å². The van der Waals surface area contributed by atoms with E-state index in [2.05, 4.69) is 27.0 Å². The molecule has 0 saturated carbocycles. The summed E-state index contributed by atoms with van der Waals surface area (Å²) in [6.07, 6.45) is 4.05. The highest BCUT2D eigenvalue weighted by Gasteiger charge is 2.17. The van der Waals surface area contributed by atoms with Crippen LogP contribution in [0.2, 0.25) is 0 Å². The lowest BCUT2D eigenvalue weighted by molar-refractivity contribution is 0.544. The van der Waals surface area contributed by atoms with Gasteiger partial charge in [-0.15, -0.1) is 0 Å². The standard InChI is InChI=1S/C14H25NS/c1-7-11(3)9-13(10-12(4)8-2)14(16)15(5)6/h13H,3-4,7-10H2,1-2,5-6H3. The Morgan fingerprint density at radius 2 is 1.44 bits per heavy atom. The molecule has 0 rings (SSSR count). The topological polar surface area (TPSA) is 3.24 Å². The van der Waals surface area contributed by atoms with Gasteiger partial charge >= 0.3 is 0 Å². The number of thiocarbonyl (C=S) groups is 1. The van der Waals surface area contributed by atoms with E-state index in [1.54, 1.807) is 0 Å². The highest BCUT2D eigenvalue weighted by Crippen LogP contribution is 2.23. The summed E-state index contributed by atoms with van der Waals surface area (Å²) < 4.78 is 0. The fourth-order valence-electron chi connectivity index (χ4n) is 1.60. The molecule has 0 atom stereocenters. The van der Waals surface area contributed by atoms with E-state index in [4.69, 9.17) is 12.2 Å². The Bertz CT molecular complexity index is 248. The molecule has 0 N–H and O–H groups in total. The predicted octanol–water partition coefficient (Wildman–Crippen LogP) is 4.20. The van der Waals surface area contributed by atoms with Gasteiger partial charge in [0.05, 0.1) is 4.99 Å². The average Bonchev–Trinajstić information content (AvgIpc) is 2.26. The van der Waals surface area contributed by atoms with E-state index in [-0.39, 0.29) is 0 Å². The Morgan fingerprint density at radius 1 is 1.06 bits per heavy atom. The van der Waals surface area contributed by atoms with Crippen molar-refractivity contribution < 1.29 is 0 Å². The van der Waals surface area contributed by atoms with Crippen molar-refractivity contribution in [2.24, 2.45) is 5.92 Å². The molecule has 1 nitrogen and oxygen atoms in total. The van der Waals surface area contributed by atoms with E-state index >= 15 is 0 Å². The van der Waals surface area contributed by atoms with Crippen LogP contribution in [0, 0.1) is 5.92 Å². The summed E-state index contributed by atoms with van der Waals surface area (Å²) in [4.78, 5) is 3.05. The van der Waals surface area contributed by atoms with Crippen LogP contribution in [0.4, 0.5) is 0 Å². The predicted molar refractivity (Wildman–Crippen MR) is 77.9 cm³/mol. The summed E-state index contributed by atoms with van der Waals surface area (Å²) in [5, 5.41) is 0. The number of rotatable bonds is 7. The minimum atomic E-state index is 0.393. The molecule has 0 saturated heterocycles. The van der Waals surface area contributed by atoms with E-state index in [0.29, 0.717) is 5.92 Å². The normalized spacial score (nSPS) is 10.3. The zero-order valence-electron chi connectivity index (χ0n) is 11.2. The third-order valence-corrected chi connectivity index (χ3v) is 3.56. The molecule has 0 amide bonds. The first-order valence-electron chi connectivity index (χ1n) is 5.96. The van der Waals surface area contributed by atoms with Gasteiger partial charge in [-0.2, -0.15) is 0 Å². The molecule has 92 valence electrons. The van der Waals surface area contributed by atoms with Crippen LogP contribution in [0.15, 0.2) is 24.3 Å². The highest BCUT2D eigenvalue weighted by atomic mass is 32.1. The molecule has 2 heteroatoms. The van der Waals surface area contributed by atoms with Gasteiger partial charge in [-0.1, -0.05) is 50.4 Å². The number of nitrogens with zero attached hydrogens (tertiary/aromatic N) is 1. The Balaban J connectivity index is 4.56. The largest absolute Gasteiger partial charge is 0.372 e. The molecule has 0 bridgehead atoms. The average molecular weight is 239 g/mol. The van der Waals surface area contributed by atoms with Gasteiger partial charge in [0, 0.05) is 20.0 Å². The van der Waals surface area contributed by atoms with Gasteiger partial charge in [0.2, 0.25) is 0 Å². The molecular weight excluding hydrogens is 214 g/mol. The lowest BCUT2D eigenvalue weighted by Gasteiger charge is -2.24. The third-order valence-electron chi connectivity index (χ3n) is 2.86. The number of allylic oxidation sites excluding steroid dienone is 2. The molecule has 0 radical (unpaired) electrons. The van der Waals surface area contributed by atoms with Crippen LogP contribution < -0.4 is 0 Å². The summed E-state index contributed by atoms with van der Waals surface area (Å²) >= 11 is 5.48. The molecule has 0 spiro atoms. The second kappa shape index (κ2) is 7.61. The third kappa shape index (κ3) is 5.45. The monoisotopic (exact) mass is 239 g/mol. The molecule has 0 fully saturated rings. The molecule has 16 heavy (non-hydrogen) atoms. The van der Waals surface area contributed by atoms with E-state index in [0.717, 1.165) is 30.7 Å². The molecule has 0 heterocycles. The lowest BCUT2D eigenvalue weighted by Crippen LogP contribution is -2.28. The van der Waals surface area contributed by atoms with Crippen LogP contribution in [0.5, 0.6) is 0 Å². The zero-order valence-corrected chi connectivity index (χ0v) is 12.0. The van der Waals surface area contributed by atoms with Gasteiger partial charge in [-0.25, -0.2) is 0 Å². The first kappa shape index (κ1) is 15.4. The minimum Gasteiger partial charge on any atom is -0.372 e. The van der Waals surface area contributed by atoms with E-state index in [1.807, 2.05) is 19.0 Å². The first-order valence-corrected chi connectivity index (χ1v) is 6.37. The van der Waals surface area contributed by atoms with Gasteiger partial charge in [0.1, 0.15) is 0 Å². The quantitative estimate of drug-likeness (QED) is 0.484. The van der Waals surface area contributed by atoms with Crippen LogP contribution in [-0.4, -0.2) is 24.0 Å². The SMILES string of the molecule is C=C(CC)CC(CC(=C)CC)C(=S)N(C)C. The van der Waals surface area contributed by atoms with Gasteiger partial charge in [0.25, 0.3) is 0 Å². The molecule has 0 aliphatic rings. The van der Waals surface area contributed by atoms with Crippen molar-refractivity contribution >= 4 is 17.2 Å². The minimum absolute atomic E-state index is 0.393. The van der Waals surface area contributed by atoms with Crippen molar-refractivity contribution in [3.63, 3.8) is 0 Å². The second-order valence-electron chi connectivity index (χ2n) is 4.54. The zero-order chi connectivity index (χ0) is 12.7. The smallest absolute Gasteiger partial charge is 0.0811 e.